The third kappa shape index (κ3) is 3.35. The van der Waals surface area contributed by atoms with E-state index < -0.39 is 11.2 Å². The molecule has 0 aliphatic rings. The van der Waals surface area contributed by atoms with E-state index in [-0.39, 0.29) is 6.54 Å². The number of fused-ring (bicyclic) bond motifs is 3. The Morgan fingerprint density at radius 3 is 2.41 bits per heavy atom. The number of ether oxygens (including phenoxy) is 1. The Balaban J connectivity index is 1.87. The molecule has 3 aromatic heterocycles. The lowest BCUT2D eigenvalue weighted by molar-refractivity contribution is 0.340. The average Bonchev–Trinajstić information content (AvgIpc) is 3.38. The van der Waals surface area contributed by atoms with Gasteiger partial charge in [0, 0.05) is 24.5 Å². The summed E-state index contributed by atoms with van der Waals surface area (Å²) in [5.41, 5.74) is 3.30. The summed E-state index contributed by atoms with van der Waals surface area (Å²) in [6.45, 7) is 8.33. The lowest BCUT2D eigenvalue weighted by Gasteiger charge is -2.10. The van der Waals surface area contributed by atoms with E-state index in [2.05, 4.69) is 6.58 Å². The molecule has 2 aromatic carbocycles. The standard InChI is InChI=1S/C26H25N5O3/c1-5-34-20-13-11-19(12-14-20)31-21(18-9-7-6-8-10-18)16-29-22-23(27-25(29)31)28(4)26(33)30(24(22)32)15-17(2)3/h6-14,16H,2,5,15H2,1,3-4H3. The lowest BCUT2D eigenvalue weighted by Crippen LogP contribution is -2.39. The molecule has 0 spiro atoms. The molecule has 3 heterocycles. The fourth-order valence-corrected chi connectivity index (χ4v) is 4.23. The van der Waals surface area contributed by atoms with Gasteiger partial charge in [0.05, 0.1) is 18.8 Å². The minimum Gasteiger partial charge on any atom is -0.494 e. The number of hydrogen-bond acceptors (Lipinski definition) is 4. The van der Waals surface area contributed by atoms with Crippen molar-refractivity contribution < 1.29 is 4.74 Å². The summed E-state index contributed by atoms with van der Waals surface area (Å²) in [6, 6.07) is 17.6. The van der Waals surface area contributed by atoms with Crippen molar-refractivity contribution in [3.05, 3.63) is 93.8 Å². The van der Waals surface area contributed by atoms with Crippen LogP contribution in [0.25, 0.3) is 33.9 Å². The van der Waals surface area contributed by atoms with Gasteiger partial charge >= 0.3 is 5.69 Å². The SMILES string of the molecule is C=C(C)Cn1c(=O)c2c(nc3n(-c4ccc(OCC)cc4)c(-c4ccccc4)cn23)n(C)c1=O. The van der Waals surface area contributed by atoms with Gasteiger partial charge in [0.15, 0.2) is 11.2 Å². The monoisotopic (exact) mass is 455 g/mol. The molecule has 5 aromatic rings. The van der Waals surface area contributed by atoms with Crippen LogP contribution in [0.15, 0.2) is 82.5 Å². The maximum absolute atomic E-state index is 13.4. The highest BCUT2D eigenvalue weighted by atomic mass is 16.5. The molecule has 0 fully saturated rings. The largest absolute Gasteiger partial charge is 0.494 e. The lowest BCUT2D eigenvalue weighted by atomic mass is 10.1. The molecule has 5 rings (SSSR count). The first-order chi connectivity index (χ1) is 16.4. The second-order valence-electron chi connectivity index (χ2n) is 8.29. The van der Waals surface area contributed by atoms with Crippen LogP contribution in [0.4, 0.5) is 0 Å². The van der Waals surface area contributed by atoms with Crippen LogP contribution >= 0.6 is 0 Å². The third-order valence-electron chi connectivity index (χ3n) is 5.75. The minimum absolute atomic E-state index is 0.153. The summed E-state index contributed by atoms with van der Waals surface area (Å²) >= 11 is 0. The fourth-order valence-electron chi connectivity index (χ4n) is 4.23. The number of aromatic nitrogens is 5. The van der Waals surface area contributed by atoms with E-state index in [1.807, 2.05) is 72.3 Å². The van der Waals surface area contributed by atoms with Crippen LogP contribution in [-0.4, -0.2) is 29.7 Å². The predicted octanol–water partition coefficient (Wildman–Crippen LogP) is 3.78. The van der Waals surface area contributed by atoms with E-state index in [0.717, 1.165) is 28.3 Å². The highest BCUT2D eigenvalue weighted by Crippen LogP contribution is 2.29. The topological polar surface area (TPSA) is 75.5 Å². The molecule has 0 amide bonds. The highest BCUT2D eigenvalue weighted by molar-refractivity contribution is 5.79. The molecular weight excluding hydrogens is 430 g/mol. The second-order valence-corrected chi connectivity index (χ2v) is 8.29. The first-order valence-electron chi connectivity index (χ1n) is 11.1. The van der Waals surface area contributed by atoms with Gasteiger partial charge in [0.1, 0.15) is 5.75 Å². The number of hydrogen-bond donors (Lipinski definition) is 0. The minimum atomic E-state index is -0.419. The summed E-state index contributed by atoms with van der Waals surface area (Å²) in [6.07, 6.45) is 1.90. The molecule has 0 bridgehead atoms. The molecule has 0 atom stereocenters. The van der Waals surface area contributed by atoms with Crippen molar-refractivity contribution >= 4 is 16.9 Å². The molecule has 0 aliphatic heterocycles. The van der Waals surface area contributed by atoms with Crippen LogP contribution in [0.5, 0.6) is 5.75 Å². The van der Waals surface area contributed by atoms with Crippen LogP contribution in [0.3, 0.4) is 0 Å². The second kappa shape index (κ2) is 8.22. The molecule has 0 N–H and O–H groups in total. The number of aryl methyl sites for hydroxylation is 1. The Kier molecular flexibility index (Phi) is 5.20. The van der Waals surface area contributed by atoms with Crippen LogP contribution in [0.1, 0.15) is 13.8 Å². The normalized spacial score (nSPS) is 11.4. The van der Waals surface area contributed by atoms with E-state index in [4.69, 9.17) is 9.72 Å². The number of rotatable bonds is 6. The zero-order valence-corrected chi connectivity index (χ0v) is 19.4. The van der Waals surface area contributed by atoms with Gasteiger partial charge in [-0.05, 0) is 38.1 Å². The van der Waals surface area contributed by atoms with Crippen LogP contribution in [-0.2, 0) is 13.6 Å². The number of nitrogens with zero attached hydrogens (tertiary/aromatic N) is 5. The van der Waals surface area contributed by atoms with Gasteiger partial charge in [0.2, 0.25) is 5.78 Å². The van der Waals surface area contributed by atoms with Gasteiger partial charge in [-0.1, -0.05) is 42.5 Å². The van der Waals surface area contributed by atoms with Crippen LogP contribution < -0.4 is 16.0 Å². The van der Waals surface area contributed by atoms with Crippen molar-refractivity contribution in [1.29, 1.82) is 0 Å². The van der Waals surface area contributed by atoms with Crippen molar-refractivity contribution in [1.82, 2.24) is 23.1 Å². The van der Waals surface area contributed by atoms with E-state index >= 15 is 0 Å². The molecular formula is C26H25N5O3. The Morgan fingerprint density at radius 2 is 1.76 bits per heavy atom. The number of allylic oxidation sites excluding steroid dienone is 1. The van der Waals surface area contributed by atoms with Gasteiger partial charge < -0.3 is 4.74 Å². The average molecular weight is 456 g/mol. The van der Waals surface area contributed by atoms with Crippen molar-refractivity contribution in [2.45, 2.75) is 20.4 Å². The summed E-state index contributed by atoms with van der Waals surface area (Å²) in [5.74, 6) is 1.31. The molecule has 8 nitrogen and oxygen atoms in total. The maximum Gasteiger partial charge on any atom is 0.332 e. The van der Waals surface area contributed by atoms with Crippen molar-refractivity contribution in [3.63, 3.8) is 0 Å². The van der Waals surface area contributed by atoms with Crippen molar-refractivity contribution in [2.24, 2.45) is 7.05 Å². The molecule has 0 radical (unpaired) electrons. The van der Waals surface area contributed by atoms with Crippen molar-refractivity contribution in [3.8, 4) is 22.7 Å². The van der Waals surface area contributed by atoms with Gasteiger partial charge in [-0.15, -0.1) is 0 Å². The number of imidazole rings is 2. The van der Waals surface area contributed by atoms with E-state index in [1.54, 1.807) is 18.4 Å². The summed E-state index contributed by atoms with van der Waals surface area (Å²) in [4.78, 5) is 31.1. The Hall–Kier alpha value is -4.33. The first kappa shape index (κ1) is 21.5. The molecule has 8 heteroatoms. The van der Waals surface area contributed by atoms with E-state index in [0.29, 0.717) is 23.5 Å². The maximum atomic E-state index is 13.4. The predicted molar refractivity (Wildman–Crippen MR) is 133 cm³/mol. The first-order valence-corrected chi connectivity index (χ1v) is 11.1. The zero-order chi connectivity index (χ0) is 24.0. The number of benzene rings is 2. The zero-order valence-electron chi connectivity index (χ0n) is 19.4. The van der Waals surface area contributed by atoms with Gasteiger partial charge in [-0.3, -0.25) is 22.9 Å². The highest BCUT2D eigenvalue weighted by Gasteiger charge is 2.22. The van der Waals surface area contributed by atoms with Crippen molar-refractivity contribution in [2.75, 3.05) is 6.61 Å². The molecule has 172 valence electrons. The quantitative estimate of drug-likeness (QED) is 0.365. The molecule has 0 saturated heterocycles. The van der Waals surface area contributed by atoms with Crippen LogP contribution in [0, 0.1) is 0 Å². The Morgan fingerprint density at radius 1 is 1.06 bits per heavy atom. The van der Waals surface area contributed by atoms with Gasteiger partial charge in [0.25, 0.3) is 5.56 Å². The molecule has 0 unspecified atom stereocenters. The summed E-state index contributed by atoms with van der Waals surface area (Å²) in [5, 5.41) is 0. The Labute approximate surface area is 195 Å². The van der Waals surface area contributed by atoms with E-state index in [1.165, 1.54) is 9.13 Å². The molecule has 0 saturated carbocycles. The summed E-state index contributed by atoms with van der Waals surface area (Å²) in [7, 11) is 1.63. The summed E-state index contributed by atoms with van der Waals surface area (Å²) < 4.78 is 12.0. The smallest absolute Gasteiger partial charge is 0.332 e. The molecule has 34 heavy (non-hydrogen) atoms. The van der Waals surface area contributed by atoms with Gasteiger partial charge in [-0.2, -0.15) is 4.98 Å². The van der Waals surface area contributed by atoms with Crippen LogP contribution in [0.2, 0.25) is 0 Å². The third-order valence-corrected chi connectivity index (χ3v) is 5.75. The van der Waals surface area contributed by atoms with E-state index in [9.17, 15) is 9.59 Å². The Bertz CT molecular complexity index is 1650. The van der Waals surface area contributed by atoms with Gasteiger partial charge in [-0.25, -0.2) is 4.79 Å². The molecule has 0 aliphatic carbocycles. The fraction of sp³-hybridized carbons (Fsp3) is 0.192.